The quantitative estimate of drug-likeness (QED) is 0.507. The van der Waals surface area contributed by atoms with Crippen LogP contribution >= 0.6 is 11.3 Å². The molecule has 4 heteroatoms. The van der Waals surface area contributed by atoms with Gasteiger partial charge in [-0.1, -0.05) is 60.7 Å². The van der Waals surface area contributed by atoms with Crippen molar-refractivity contribution in [1.29, 1.82) is 0 Å². The summed E-state index contributed by atoms with van der Waals surface area (Å²) >= 11 is 1.60. The van der Waals surface area contributed by atoms with Gasteiger partial charge in [0.2, 0.25) is 0 Å². The van der Waals surface area contributed by atoms with Crippen molar-refractivity contribution in [3.63, 3.8) is 0 Å². The minimum absolute atomic E-state index is 0.119. The lowest BCUT2D eigenvalue weighted by atomic mass is 10.1. The number of anilines is 1. The van der Waals surface area contributed by atoms with Crippen molar-refractivity contribution >= 4 is 22.9 Å². The van der Waals surface area contributed by atoms with Crippen molar-refractivity contribution < 1.29 is 4.79 Å². The van der Waals surface area contributed by atoms with E-state index in [1.807, 2.05) is 72.8 Å². The van der Waals surface area contributed by atoms with Crippen molar-refractivity contribution in [1.82, 2.24) is 4.98 Å². The third kappa shape index (κ3) is 3.55. The molecule has 1 amide bonds. The highest BCUT2D eigenvalue weighted by molar-refractivity contribution is 7.13. The van der Waals surface area contributed by atoms with Crippen molar-refractivity contribution in [2.45, 2.75) is 0 Å². The molecule has 0 unspecified atom stereocenters. The average molecular weight is 356 g/mol. The van der Waals surface area contributed by atoms with E-state index in [9.17, 15) is 4.79 Å². The molecule has 3 nitrogen and oxygen atoms in total. The van der Waals surface area contributed by atoms with Gasteiger partial charge in [-0.2, -0.15) is 0 Å². The number of benzene rings is 3. The van der Waals surface area contributed by atoms with E-state index in [-0.39, 0.29) is 5.91 Å². The normalized spacial score (nSPS) is 10.5. The smallest absolute Gasteiger partial charge is 0.255 e. The lowest BCUT2D eigenvalue weighted by Gasteiger charge is -2.05. The number of amides is 1. The van der Waals surface area contributed by atoms with Crippen molar-refractivity contribution in [3.8, 4) is 21.8 Å². The zero-order valence-corrected chi connectivity index (χ0v) is 14.7. The van der Waals surface area contributed by atoms with Gasteiger partial charge in [0, 0.05) is 27.8 Å². The number of hydrogen-bond acceptors (Lipinski definition) is 3. The highest BCUT2D eigenvalue weighted by Gasteiger charge is 2.09. The molecule has 0 aliphatic rings. The van der Waals surface area contributed by atoms with Crippen molar-refractivity contribution in [3.05, 3.63) is 95.9 Å². The minimum atomic E-state index is -0.119. The van der Waals surface area contributed by atoms with Gasteiger partial charge in [0.05, 0.1) is 5.69 Å². The average Bonchev–Trinajstić information content (AvgIpc) is 3.20. The molecule has 1 aromatic heterocycles. The zero-order valence-electron chi connectivity index (χ0n) is 13.9. The van der Waals surface area contributed by atoms with Crippen LogP contribution in [0.1, 0.15) is 10.4 Å². The van der Waals surface area contributed by atoms with Crippen LogP contribution in [-0.4, -0.2) is 10.9 Å². The second-order valence-corrected chi connectivity index (χ2v) is 6.66. The van der Waals surface area contributed by atoms with Gasteiger partial charge >= 0.3 is 0 Å². The largest absolute Gasteiger partial charge is 0.322 e. The molecule has 0 spiro atoms. The molecule has 1 heterocycles. The Balaban J connectivity index is 1.51. The molecule has 0 fully saturated rings. The van der Waals surface area contributed by atoms with Gasteiger partial charge in [-0.25, -0.2) is 4.98 Å². The third-order valence-corrected chi connectivity index (χ3v) is 4.89. The summed E-state index contributed by atoms with van der Waals surface area (Å²) in [6, 6.07) is 27.1. The standard InChI is InChI=1S/C22H16N2OS/c25-21(23-19-9-5-2-6-10-19)17-11-13-18(14-12-17)22-24-20(15-26-22)16-7-3-1-4-8-16/h1-15H,(H,23,25). The van der Waals surface area contributed by atoms with Gasteiger partial charge in [-0.05, 0) is 24.3 Å². The van der Waals surface area contributed by atoms with E-state index in [2.05, 4.69) is 22.8 Å². The molecule has 26 heavy (non-hydrogen) atoms. The molecule has 4 aromatic rings. The second kappa shape index (κ2) is 7.33. The van der Waals surface area contributed by atoms with E-state index >= 15 is 0 Å². The molecule has 4 rings (SSSR count). The van der Waals surface area contributed by atoms with E-state index in [1.54, 1.807) is 11.3 Å². The fourth-order valence-electron chi connectivity index (χ4n) is 2.64. The molecule has 0 saturated heterocycles. The summed E-state index contributed by atoms with van der Waals surface area (Å²) in [6.45, 7) is 0. The monoisotopic (exact) mass is 356 g/mol. The maximum atomic E-state index is 12.3. The molecule has 0 aliphatic heterocycles. The molecule has 1 N–H and O–H groups in total. The van der Waals surface area contributed by atoms with Crippen LogP contribution < -0.4 is 5.32 Å². The predicted molar refractivity (Wildman–Crippen MR) is 107 cm³/mol. The second-order valence-electron chi connectivity index (χ2n) is 5.80. The Labute approximate surface area is 156 Å². The number of thiazole rings is 1. The van der Waals surface area contributed by atoms with Gasteiger partial charge < -0.3 is 5.32 Å². The first-order chi connectivity index (χ1) is 12.8. The van der Waals surface area contributed by atoms with E-state index in [0.29, 0.717) is 5.56 Å². The summed E-state index contributed by atoms with van der Waals surface area (Å²) in [4.78, 5) is 17.0. The summed E-state index contributed by atoms with van der Waals surface area (Å²) < 4.78 is 0. The van der Waals surface area contributed by atoms with Gasteiger partial charge in [0.25, 0.3) is 5.91 Å². The lowest BCUT2D eigenvalue weighted by molar-refractivity contribution is 0.102. The van der Waals surface area contributed by atoms with E-state index < -0.39 is 0 Å². The highest BCUT2D eigenvalue weighted by atomic mass is 32.1. The molecule has 3 aromatic carbocycles. The van der Waals surface area contributed by atoms with Gasteiger partial charge in [-0.15, -0.1) is 11.3 Å². The summed E-state index contributed by atoms with van der Waals surface area (Å²) in [7, 11) is 0. The third-order valence-electron chi connectivity index (χ3n) is 4.00. The Bertz CT molecular complexity index is 1010. The summed E-state index contributed by atoms with van der Waals surface area (Å²) in [5.41, 5.74) is 4.49. The molecule has 0 radical (unpaired) electrons. The molecule has 126 valence electrons. The molecule has 0 aliphatic carbocycles. The number of hydrogen-bond donors (Lipinski definition) is 1. The van der Waals surface area contributed by atoms with Gasteiger partial charge in [0.15, 0.2) is 0 Å². The van der Waals surface area contributed by atoms with Crippen LogP contribution in [0.2, 0.25) is 0 Å². The number of carbonyl (C=O) groups is 1. The number of para-hydroxylation sites is 1. The van der Waals surface area contributed by atoms with Gasteiger partial charge in [-0.3, -0.25) is 4.79 Å². The number of nitrogens with one attached hydrogen (secondary N) is 1. The van der Waals surface area contributed by atoms with Crippen LogP contribution in [0.25, 0.3) is 21.8 Å². The molecule has 0 saturated carbocycles. The topological polar surface area (TPSA) is 42.0 Å². The first kappa shape index (κ1) is 16.2. The number of aromatic nitrogens is 1. The summed E-state index contributed by atoms with van der Waals surface area (Å²) in [6.07, 6.45) is 0. The minimum Gasteiger partial charge on any atom is -0.322 e. The maximum Gasteiger partial charge on any atom is 0.255 e. The SMILES string of the molecule is O=C(Nc1ccccc1)c1ccc(-c2nc(-c3ccccc3)cs2)cc1. The van der Waals surface area contributed by atoms with E-state index in [4.69, 9.17) is 4.98 Å². The molecule has 0 bridgehead atoms. The van der Waals surface area contributed by atoms with Crippen LogP contribution in [0.15, 0.2) is 90.3 Å². The Morgan fingerprint density at radius 3 is 2.12 bits per heavy atom. The maximum absolute atomic E-state index is 12.3. The summed E-state index contributed by atoms with van der Waals surface area (Å²) in [5.74, 6) is -0.119. The Morgan fingerprint density at radius 1 is 0.769 bits per heavy atom. The van der Waals surface area contributed by atoms with Crippen molar-refractivity contribution in [2.24, 2.45) is 0 Å². The molecular weight excluding hydrogens is 340 g/mol. The fourth-order valence-corrected chi connectivity index (χ4v) is 3.47. The van der Waals surface area contributed by atoms with Crippen LogP contribution in [-0.2, 0) is 0 Å². The fraction of sp³-hybridized carbons (Fsp3) is 0. The molecule has 0 atom stereocenters. The van der Waals surface area contributed by atoms with Gasteiger partial charge in [0.1, 0.15) is 5.01 Å². The number of rotatable bonds is 4. The predicted octanol–water partition coefficient (Wildman–Crippen LogP) is 5.73. The Hall–Kier alpha value is -3.24. The Morgan fingerprint density at radius 2 is 1.42 bits per heavy atom. The van der Waals surface area contributed by atoms with Crippen LogP contribution in [0.3, 0.4) is 0 Å². The lowest BCUT2D eigenvalue weighted by Crippen LogP contribution is -2.11. The van der Waals surface area contributed by atoms with Crippen molar-refractivity contribution in [2.75, 3.05) is 5.32 Å². The Kier molecular flexibility index (Phi) is 4.58. The van der Waals surface area contributed by atoms with Crippen LogP contribution in [0, 0.1) is 0 Å². The first-order valence-corrected chi connectivity index (χ1v) is 9.15. The first-order valence-electron chi connectivity index (χ1n) is 8.27. The van der Waals surface area contributed by atoms with E-state index in [1.165, 1.54) is 0 Å². The molecular formula is C22H16N2OS. The zero-order chi connectivity index (χ0) is 17.8. The van der Waals surface area contributed by atoms with Crippen LogP contribution in [0.5, 0.6) is 0 Å². The number of nitrogens with zero attached hydrogens (tertiary/aromatic N) is 1. The van der Waals surface area contributed by atoms with E-state index in [0.717, 1.165) is 27.5 Å². The highest BCUT2D eigenvalue weighted by Crippen LogP contribution is 2.29. The van der Waals surface area contributed by atoms with Crippen LogP contribution in [0.4, 0.5) is 5.69 Å². The summed E-state index contributed by atoms with van der Waals surface area (Å²) in [5, 5.41) is 5.89. The number of carbonyl (C=O) groups excluding carboxylic acids is 1.